The Hall–Kier alpha value is -1.57. The Kier molecular flexibility index (Phi) is 9.99. The second kappa shape index (κ2) is 11.4. The normalized spacial score (nSPS) is 15.2. The van der Waals surface area contributed by atoms with Gasteiger partial charge in [0.15, 0.2) is 0 Å². The number of phosphoric ester groups is 1. The molecule has 156 valence electrons. The third-order valence-electron chi connectivity index (χ3n) is 3.35. The van der Waals surface area contributed by atoms with Crippen LogP contribution in [0.1, 0.15) is 37.0 Å². The van der Waals surface area contributed by atoms with E-state index in [0.29, 0.717) is 18.4 Å². The Balaban J connectivity index is 2.34. The summed E-state index contributed by atoms with van der Waals surface area (Å²) in [5.41, 5.74) is 2.20. The van der Waals surface area contributed by atoms with Crippen molar-refractivity contribution in [3.8, 4) is 0 Å². The molecule has 1 unspecified atom stereocenters. The number of benzene rings is 1. The zero-order chi connectivity index (χ0) is 21.2. The van der Waals surface area contributed by atoms with Gasteiger partial charge in [-0.25, -0.2) is 13.9 Å². The first-order valence-electron chi connectivity index (χ1n) is 8.26. The Bertz CT molecular complexity index is 796. The van der Waals surface area contributed by atoms with Crippen molar-refractivity contribution >= 4 is 21.6 Å². The van der Waals surface area contributed by atoms with Crippen LogP contribution in [-0.2, 0) is 22.7 Å². The second-order valence-electron chi connectivity index (χ2n) is 5.92. The third-order valence-corrected chi connectivity index (χ3v) is 5.50. The summed E-state index contributed by atoms with van der Waals surface area (Å²) in [5.74, 6) is -0.396. The van der Waals surface area contributed by atoms with Crippen LogP contribution >= 0.6 is 15.6 Å². The van der Waals surface area contributed by atoms with Crippen LogP contribution in [0.3, 0.4) is 0 Å². The quantitative estimate of drug-likeness (QED) is 0.270. The van der Waals surface area contributed by atoms with E-state index in [1.54, 1.807) is 31.2 Å². The summed E-state index contributed by atoms with van der Waals surface area (Å²) in [6, 6.07) is 8.67. The number of rotatable bonds is 11. The van der Waals surface area contributed by atoms with Crippen LogP contribution in [0.15, 0.2) is 53.6 Å². The van der Waals surface area contributed by atoms with Gasteiger partial charge in [-0.15, -0.1) is 0 Å². The molecule has 28 heavy (non-hydrogen) atoms. The maximum Gasteiger partial charge on any atom is 0.481 e. The summed E-state index contributed by atoms with van der Waals surface area (Å²) in [7, 11) is -9.94. The predicted octanol–water partition coefficient (Wildman–Crippen LogP) is 3.74. The zero-order valence-corrected chi connectivity index (χ0v) is 17.3. The summed E-state index contributed by atoms with van der Waals surface area (Å²) >= 11 is 0. The molecule has 0 heterocycles. The molecule has 0 radical (unpaired) electrons. The van der Waals surface area contributed by atoms with E-state index in [1.165, 1.54) is 6.08 Å². The van der Waals surface area contributed by atoms with Crippen molar-refractivity contribution in [1.82, 2.24) is 0 Å². The summed E-state index contributed by atoms with van der Waals surface area (Å²) in [4.78, 5) is 38.0. The number of allylic oxidation sites excluding steroid dienone is 2. The van der Waals surface area contributed by atoms with Gasteiger partial charge in [0.1, 0.15) is 6.61 Å². The van der Waals surface area contributed by atoms with Crippen LogP contribution < -0.4 is 0 Å². The van der Waals surface area contributed by atoms with E-state index in [-0.39, 0.29) is 13.2 Å². The van der Waals surface area contributed by atoms with E-state index < -0.39 is 21.6 Å². The highest BCUT2D eigenvalue weighted by atomic mass is 31.3. The minimum Gasteiger partial charge on any atom is -0.458 e. The highest BCUT2D eigenvalue weighted by molar-refractivity contribution is 7.60. The first-order valence-corrected chi connectivity index (χ1v) is 11.3. The van der Waals surface area contributed by atoms with E-state index in [0.717, 1.165) is 11.1 Å². The molecule has 0 aliphatic rings. The van der Waals surface area contributed by atoms with Crippen molar-refractivity contribution in [2.24, 2.45) is 0 Å². The summed E-state index contributed by atoms with van der Waals surface area (Å²) in [5, 5.41) is 0. The van der Waals surface area contributed by atoms with Gasteiger partial charge >= 0.3 is 21.6 Å². The average Bonchev–Trinajstić information content (AvgIpc) is 2.58. The lowest BCUT2D eigenvalue weighted by atomic mass is 10.1. The minimum atomic E-state index is -5.12. The van der Waals surface area contributed by atoms with Crippen molar-refractivity contribution in [2.75, 3.05) is 13.2 Å². The number of ether oxygens (including phenoxy) is 1. The lowest BCUT2D eigenvalue weighted by Gasteiger charge is -2.11. The summed E-state index contributed by atoms with van der Waals surface area (Å²) in [6.07, 6.45) is 4.67. The van der Waals surface area contributed by atoms with E-state index in [4.69, 9.17) is 19.4 Å². The molecule has 11 heteroatoms. The fraction of sp³-hybridized carbons (Fsp3) is 0.353. The molecule has 3 N–H and O–H groups in total. The average molecular weight is 434 g/mol. The van der Waals surface area contributed by atoms with Gasteiger partial charge in [0.05, 0.1) is 12.2 Å². The molecule has 1 rings (SSSR count). The van der Waals surface area contributed by atoms with Crippen molar-refractivity contribution in [2.45, 2.75) is 26.7 Å². The van der Waals surface area contributed by atoms with Crippen LogP contribution in [0.4, 0.5) is 0 Å². The Morgan fingerprint density at radius 2 is 1.68 bits per heavy atom. The fourth-order valence-electron chi connectivity index (χ4n) is 1.98. The Morgan fingerprint density at radius 3 is 2.29 bits per heavy atom. The van der Waals surface area contributed by atoms with Crippen LogP contribution in [-0.4, -0.2) is 33.9 Å². The molecule has 0 aliphatic carbocycles. The lowest BCUT2D eigenvalue weighted by Crippen LogP contribution is -2.06. The van der Waals surface area contributed by atoms with Gasteiger partial charge in [0.25, 0.3) is 0 Å². The van der Waals surface area contributed by atoms with Gasteiger partial charge in [-0.1, -0.05) is 35.9 Å². The number of hydrogen-bond donors (Lipinski definition) is 3. The maximum atomic E-state index is 11.8. The third kappa shape index (κ3) is 11.3. The summed E-state index contributed by atoms with van der Waals surface area (Å²) < 4.78 is 35.2. The molecule has 1 atom stereocenters. The molecule has 0 aliphatic heterocycles. The highest BCUT2D eigenvalue weighted by Gasteiger charge is 2.31. The highest BCUT2D eigenvalue weighted by Crippen LogP contribution is 2.57. The van der Waals surface area contributed by atoms with Crippen LogP contribution in [0, 0.1) is 0 Å². The molecule has 1 aromatic carbocycles. The fourth-order valence-corrected chi connectivity index (χ4v) is 3.50. The number of phosphoric acid groups is 2. The minimum absolute atomic E-state index is 0.174. The molecule has 1 aromatic rings. The number of esters is 1. The maximum absolute atomic E-state index is 11.8. The van der Waals surface area contributed by atoms with Gasteiger partial charge in [-0.2, -0.15) is 4.31 Å². The smallest absolute Gasteiger partial charge is 0.458 e. The van der Waals surface area contributed by atoms with E-state index in [1.807, 2.05) is 19.1 Å². The standard InChI is InChI=1S/C17H24O9P2/c1-14(11-12-25-28(22,23)26-27(19,20)21)7-6-8-15(2)13-24-17(18)16-9-4-3-5-10-16/h3-5,8-11H,6-7,12-13H2,1-2H3,(H,22,23)(H2,19,20,21)/b14-11+,15-8+. The van der Waals surface area contributed by atoms with Crippen molar-refractivity contribution in [3.05, 3.63) is 59.2 Å². The molecule has 0 saturated heterocycles. The zero-order valence-electron chi connectivity index (χ0n) is 15.6. The Labute approximate surface area is 163 Å². The van der Waals surface area contributed by atoms with Gasteiger partial charge in [-0.05, 0) is 44.4 Å². The molecular formula is C17H24O9P2. The number of carbonyl (C=O) groups is 1. The van der Waals surface area contributed by atoms with Gasteiger partial charge < -0.3 is 19.4 Å². The van der Waals surface area contributed by atoms with E-state index in [9.17, 15) is 13.9 Å². The molecule has 0 amide bonds. The van der Waals surface area contributed by atoms with Crippen molar-refractivity contribution in [1.29, 1.82) is 0 Å². The second-order valence-corrected chi connectivity index (χ2v) is 8.75. The topological polar surface area (TPSA) is 140 Å². The van der Waals surface area contributed by atoms with E-state index in [2.05, 4.69) is 8.83 Å². The Morgan fingerprint density at radius 1 is 1.04 bits per heavy atom. The van der Waals surface area contributed by atoms with E-state index >= 15 is 0 Å². The van der Waals surface area contributed by atoms with Crippen LogP contribution in [0.5, 0.6) is 0 Å². The monoisotopic (exact) mass is 434 g/mol. The summed E-state index contributed by atoms with van der Waals surface area (Å²) in [6.45, 7) is 3.44. The SMILES string of the molecule is C/C(=C\COP(=O)(O)OP(=O)(O)O)CC/C=C(\C)COC(=O)c1ccccc1. The largest absolute Gasteiger partial charge is 0.481 e. The molecule has 0 aromatic heterocycles. The van der Waals surface area contributed by atoms with Gasteiger partial charge in [-0.3, -0.25) is 4.52 Å². The van der Waals surface area contributed by atoms with Crippen molar-refractivity contribution < 1.29 is 42.2 Å². The number of carbonyl (C=O) groups excluding carboxylic acids is 1. The molecular weight excluding hydrogens is 410 g/mol. The van der Waals surface area contributed by atoms with Gasteiger partial charge in [0, 0.05) is 0 Å². The van der Waals surface area contributed by atoms with Gasteiger partial charge in [0.2, 0.25) is 0 Å². The molecule has 0 saturated carbocycles. The molecule has 0 spiro atoms. The van der Waals surface area contributed by atoms with Crippen LogP contribution in [0.2, 0.25) is 0 Å². The van der Waals surface area contributed by atoms with Crippen molar-refractivity contribution in [3.63, 3.8) is 0 Å². The molecule has 0 fully saturated rings. The first-order chi connectivity index (χ1) is 13.0. The molecule has 9 nitrogen and oxygen atoms in total. The lowest BCUT2D eigenvalue weighted by molar-refractivity contribution is 0.0539. The first kappa shape index (κ1) is 24.5. The van der Waals surface area contributed by atoms with Crippen LogP contribution in [0.25, 0.3) is 0 Å². The number of hydrogen-bond acceptors (Lipinski definition) is 6. The molecule has 0 bridgehead atoms. The predicted molar refractivity (Wildman–Crippen MR) is 102 cm³/mol.